The Morgan fingerprint density at radius 3 is 2.00 bits per heavy atom. The predicted molar refractivity (Wildman–Crippen MR) is 153 cm³/mol. The highest BCUT2D eigenvalue weighted by molar-refractivity contribution is 5.95. The zero-order valence-electron chi connectivity index (χ0n) is 23.5. The molecule has 1 heterocycles. The number of benzene rings is 3. The number of carbonyl (C=O) groups excluding carboxylic acids is 3. The Morgan fingerprint density at radius 2 is 1.43 bits per heavy atom. The van der Waals surface area contributed by atoms with Gasteiger partial charge in [0.15, 0.2) is 0 Å². The third-order valence-corrected chi connectivity index (χ3v) is 7.01. The standard InChI is InChI=1S/C33H38N2O5/c1-32(2,3)40-29(36)28(23-26-15-9-5-10-16-26)35-22-21-33(30(35)37,20-19-25-13-7-4-8-14-25)34-31(38)39-24-27-17-11-6-12-18-27/h4-18,28H,19-24H2,1-3H3,(H,34,38)/t28?,33-/m0/s1. The van der Waals surface area contributed by atoms with Crippen LogP contribution >= 0.6 is 0 Å². The van der Waals surface area contributed by atoms with Crippen LogP contribution in [0.5, 0.6) is 0 Å². The predicted octanol–water partition coefficient (Wildman–Crippen LogP) is 5.47. The van der Waals surface area contributed by atoms with E-state index in [9.17, 15) is 14.4 Å². The highest BCUT2D eigenvalue weighted by Gasteiger charge is 2.51. The Bertz CT molecular complexity index is 1270. The number of ether oxygens (including phenoxy) is 2. The number of likely N-dealkylation sites (tertiary alicyclic amines) is 1. The van der Waals surface area contributed by atoms with Gasteiger partial charge in [0.05, 0.1) is 0 Å². The van der Waals surface area contributed by atoms with E-state index in [1.807, 2.05) is 112 Å². The van der Waals surface area contributed by atoms with Gasteiger partial charge < -0.3 is 19.7 Å². The van der Waals surface area contributed by atoms with E-state index >= 15 is 0 Å². The maximum Gasteiger partial charge on any atom is 0.408 e. The second kappa shape index (κ2) is 12.8. The van der Waals surface area contributed by atoms with Gasteiger partial charge in [-0.3, -0.25) is 4.79 Å². The topological polar surface area (TPSA) is 84.9 Å². The SMILES string of the molecule is CC(C)(C)OC(=O)C(Cc1ccccc1)N1CC[C@](CCc2ccccc2)(NC(=O)OCc2ccccc2)C1=O. The van der Waals surface area contributed by atoms with E-state index in [1.54, 1.807) is 4.90 Å². The highest BCUT2D eigenvalue weighted by Crippen LogP contribution is 2.32. The van der Waals surface area contributed by atoms with Crippen LogP contribution in [0.3, 0.4) is 0 Å². The van der Waals surface area contributed by atoms with Crippen molar-refractivity contribution in [2.24, 2.45) is 0 Å². The molecule has 2 atom stereocenters. The van der Waals surface area contributed by atoms with Gasteiger partial charge in [0.1, 0.15) is 23.8 Å². The first-order valence-corrected chi connectivity index (χ1v) is 13.8. The summed E-state index contributed by atoms with van der Waals surface area (Å²) in [6, 6.07) is 28.0. The zero-order valence-corrected chi connectivity index (χ0v) is 23.5. The second-order valence-corrected chi connectivity index (χ2v) is 11.2. The summed E-state index contributed by atoms with van der Waals surface area (Å²) in [6.07, 6.45) is 0.958. The molecule has 1 N–H and O–H groups in total. The molecule has 0 bridgehead atoms. The number of rotatable bonds is 10. The summed E-state index contributed by atoms with van der Waals surface area (Å²) in [5.74, 6) is -0.762. The monoisotopic (exact) mass is 542 g/mol. The maximum absolute atomic E-state index is 14.2. The molecule has 0 aromatic heterocycles. The van der Waals surface area contributed by atoms with Crippen LogP contribution in [-0.4, -0.2) is 46.6 Å². The summed E-state index contributed by atoms with van der Waals surface area (Å²) in [5.41, 5.74) is 0.908. The average Bonchev–Trinajstić information content (AvgIpc) is 3.25. The summed E-state index contributed by atoms with van der Waals surface area (Å²) in [4.78, 5) is 42.2. The van der Waals surface area contributed by atoms with Crippen molar-refractivity contribution >= 4 is 18.0 Å². The van der Waals surface area contributed by atoms with Gasteiger partial charge in [-0.15, -0.1) is 0 Å². The fourth-order valence-corrected chi connectivity index (χ4v) is 4.99. The fourth-order valence-electron chi connectivity index (χ4n) is 4.99. The van der Waals surface area contributed by atoms with Gasteiger partial charge in [-0.2, -0.15) is 0 Å². The van der Waals surface area contributed by atoms with Crippen LogP contribution in [0.15, 0.2) is 91.0 Å². The lowest BCUT2D eigenvalue weighted by Crippen LogP contribution is -2.57. The van der Waals surface area contributed by atoms with Crippen molar-refractivity contribution in [3.63, 3.8) is 0 Å². The number of aryl methyl sites for hydroxylation is 1. The summed E-state index contributed by atoms with van der Waals surface area (Å²) >= 11 is 0. The molecule has 1 saturated heterocycles. The lowest BCUT2D eigenvalue weighted by atomic mass is 9.89. The molecule has 3 aromatic carbocycles. The summed E-state index contributed by atoms with van der Waals surface area (Å²) in [7, 11) is 0. The number of nitrogens with zero attached hydrogens (tertiary/aromatic N) is 1. The summed E-state index contributed by atoms with van der Waals surface area (Å²) in [6.45, 7) is 5.83. The third-order valence-electron chi connectivity index (χ3n) is 7.01. The average molecular weight is 543 g/mol. The normalized spacial score (nSPS) is 17.8. The second-order valence-electron chi connectivity index (χ2n) is 11.2. The minimum Gasteiger partial charge on any atom is -0.458 e. The molecule has 1 aliphatic heterocycles. The molecule has 7 nitrogen and oxygen atoms in total. The first-order valence-electron chi connectivity index (χ1n) is 13.8. The highest BCUT2D eigenvalue weighted by atomic mass is 16.6. The number of esters is 1. The first kappa shape index (κ1) is 28.9. The van der Waals surface area contributed by atoms with Crippen LogP contribution in [-0.2, 0) is 38.5 Å². The van der Waals surface area contributed by atoms with Crippen molar-refractivity contribution in [2.45, 2.75) is 70.2 Å². The first-order chi connectivity index (χ1) is 19.2. The van der Waals surface area contributed by atoms with Gasteiger partial charge in [-0.25, -0.2) is 9.59 Å². The van der Waals surface area contributed by atoms with Crippen molar-refractivity contribution in [1.29, 1.82) is 0 Å². The Balaban J connectivity index is 1.57. The number of hydrogen-bond donors (Lipinski definition) is 1. The molecule has 0 radical (unpaired) electrons. The molecule has 40 heavy (non-hydrogen) atoms. The Labute approximate surface area is 236 Å². The van der Waals surface area contributed by atoms with Gasteiger partial charge in [0.25, 0.3) is 0 Å². The zero-order chi connectivity index (χ0) is 28.6. The molecule has 4 rings (SSSR count). The smallest absolute Gasteiger partial charge is 0.408 e. The lowest BCUT2D eigenvalue weighted by Gasteiger charge is -2.33. The van der Waals surface area contributed by atoms with Gasteiger partial charge in [-0.1, -0.05) is 91.0 Å². The largest absolute Gasteiger partial charge is 0.458 e. The van der Waals surface area contributed by atoms with Crippen LogP contribution in [0.2, 0.25) is 0 Å². The minimum atomic E-state index is -1.21. The van der Waals surface area contributed by atoms with E-state index < -0.39 is 29.2 Å². The van der Waals surface area contributed by atoms with E-state index in [4.69, 9.17) is 9.47 Å². The number of carbonyl (C=O) groups is 3. The van der Waals surface area contributed by atoms with Crippen LogP contribution in [0.1, 0.15) is 50.3 Å². The van der Waals surface area contributed by atoms with Crippen molar-refractivity contribution in [3.8, 4) is 0 Å². The fraction of sp³-hybridized carbons (Fsp3) is 0.364. The Kier molecular flexibility index (Phi) is 9.25. The molecule has 7 heteroatoms. The minimum absolute atomic E-state index is 0.0912. The van der Waals surface area contributed by atoms with Crippen molar-refractivity contribution in [1.82, 2.24) is 10.2 Å². The van der Waals surface area contributed by atoms with Crippen LogP contribution in [0.25, 0.3) is 0 Å². The molecule has 1 fully saturated rings. The van der Waals surface area contributed by atoms with Gasteiger partial charge >= 0.3 is 12.1 Å². The van der Waals surface area contributed by atoms with E-state index in [0.29, 0.717) is 32.2 Å². The third kappa shape index (κ3) is 7.72. The quantitative estimate of drug-likeness (QED) is 0.344. The lowest BCUT2D eigenvalue weighted by molar-refractivity contribution is -0.164. The van der Waals surface area contributed by atoms with Crippen LogP contribution in [0, 0.1) is 0 Å². The van der Waals surface area contributed by atoms with Gasteiger partial charge in [0, 0.05) is 13.0 Å². The number of alkyl carbamates (subject to hydrolysis) is 1. The van der Waals surface area contributed by atoms with Crippen LogP contribution < -0.4 is 5.32 Å². The number of nitrogens with one attached hydrogen (secondary N) is 1. The van der Waals surface area contributed by atoms with Gasteiger partial charge in [-0.05, 0) is 56.7 Å². The van der Waals surface area contributed by atoms with E-state index in [-0.39, 0.29) is 12.5 Å². The molecule has 210 valence electrons. The number of hydrogen-bond acceptors (Lipinski definition) is 5. The maximum atomic E-state index is 14.2. The molecule has 2 amide bonds. The summed E-state index contributed by atoms with van der Waals surface area (Å²) in [5, 5.41) is 2.91. The molecular weight excluding hydrogens is 504 g/mol. The molecule has 1 aliphatic rings. The van der Waals surface area contributed by atoms with E-state index in [0.717, 1.165) is 16.7 Å². The van der Waals surface area contributed by atoms with Gasteiger partial charge in [0.2, 0.25) is 5.91 Å². The van der Waals surface area contributed by atoms with Crippen LogP contribution in [0.4, 0.5) is 4.79 Å². The molecular formula is C33H38N2O5. The molecule has 0 aliphatic carbocycles. The Hall–Kier alpha value is -4.13. The van der Waals surface area contributed by atoms with Crippen molar-refractivity contribution in [2.75, 3.05) is 6.54 Å². The van der Waals surface area contributed by atoms with E-state index in [2.05, 4.69) is 5.32 Å². The Morgan fingerprint density at radius 1 is 0.875 bits per heavy atom. The molecule has 1 unspecified atom stereocenters. The molecule has 0 saturated carbocycles. The molecule has 0 spiro atoms. The number of amides is 2. The van der Waals surface area contributed by atoms with Crippen molar-refractivity contribution in [3.05, 3.63) is 108 Å². The van der Waals surface area contributed by atoms with E-state index in [1.165, 1.54) is 0 Å². The van der Waals surface area contributed by atoms with Crippen molar-refractivity contribution < 1.29 is 23.9 Å². The molecule has 3 aromatic rings. The summed E-state index contributed by atoms with van der Waals surface area (Å²) < 4.78 is 11.3.